The van der Waals surface area contributed by atoms with E-state index in [4.69, 9.17) is 5.11 Å². The average molecular weight is 250 g/mol. The Kier molecular flexibility index (Phi) is 3.77. The zero-order chi connectivity index (χ0) is 12.4. The molecule has 0 radical (unpaired) electrons. The molecule has 92 valence electrons. The van der Waals surface area contributed by atoms with Gasteiger partial charge in [-0.05, 0) is 29.4 Å². The molecule has 1 aliphatic rings. The highest BCUT2D eigenvalue weighted by molar-refractivity contribution is 8.00. The van der Waals surface area contributed by atoms with Crippen LogP contribution in [0.1, 0.15) is 30.9 Å². The monoisotopic (exact) mass is 250 g/mol. The zero-order valence-corrected chi connectivity index (χ0v) is 11.0. The quantitative estimate of drug-likeness (QED) is 0.872. The largest absolute Gasteiger partial charge is 0.480 e. The van der Waals surface area contributed by atoms with Gasteiger partial charge in [-0.1, -0.05) is 38.1 Å². The molecule has 1 aromatic carbocycles. The van der Waals surface area contributed by atoms with Crippen molar-refractivity contribution in [3.63, 3.8) is 0 Å². The summed E-state index contributed by atoms with van der Waals surface area (Å²) in [5.41, 5.74) is 2.84. The number of hydrogen-bond acceptors (Lipinski definition) is 2. The van der Waals surface area contributed by atoms with Gasteiger partial charge >= 0.3 is 5.97 Å². The molecular weight excluding hydrogens is 232 g/mol. The number of fused-ring (bicyclic) bond motifs is 1. The van der Waals surface area contributed by atoms with Crippen LogP contribution < -0.4 is 0 Å². The van der Waals surface area contributed by atoms with Crippen LogP contribution in [0.5, 0.6) is 0 Å². The van der Waals surface area contributed by atoms with Gasteiger partial charge < -0.3 is 5.11 Å². The first-order valence-electron chi connectivity index (χ1n) is 6.01. The Morgan fingerprint density at radius 1 is 1.47 bits per heavy atom. The summed E-state index contributed by atoms with van der Waals surface area (Å²) in [5.74, 6) is 0.980. The molecule has 1 aromatic rings. The van der Waals surface area contributed by atoms with Crippen LogP contribution in [-0.4, -0.2) is 22.1 Å². The Hall–Kier alpha value is -0.960. The molecule has 17 heavy (non-hydrogen) atoms. The third-order valence-electron chi connectivity index (χ3n) is 3.29. The van der Waals surface area contributed by atoms with Gasteiger partial charge in [0.25, 0.3) is 0 Å². The minimum atomic E-state index is -0.683. The number of aliphatic carboxylic acids is 1. The number of rotatable bonds is 5. The predicted molar refractivity (Wildman–Crippen MR) is 71.6 cm³/mol. The summed E-state index contributed by atoms with van der Waals surface area (Å²) in [6, 6.07) is 8.45. The molecule has 1 aliphatic carbocycles. The lowest BCUT2D eigenvalue weighted by atomic mass is 9.79. The minimum Gasteiger partial charge on any atom is -0.480 e. The molecule has 0 aliphatic heterocycles. The second-order valence-electron chi connectivity index (χ2n) is 4.94. The van der Waals surface area contributed by atoms with Crippen LogP contribution in [0.3, 0.4) is 0 Å². The van der Waals surface area contributed by atoms with Crippen molar-refractivity contribution in [1.82, 2.24) is 0 Å². The van der Waals surface area contributed by atoms with Crippen molar-refractivity contribution in [2.24, 2.45) is 5.92 Å². The SMILES string of the molecule is CC(C)C(SCC1Cc2ccccc21)C(=O)O. The molecule has 2 nitrogen and oxygen atoms in total. The van der Waals surface area contributed by atoms with Crippen molar-refractivity contribution in [3.05, 3.63) is 35.4 Å². The molecule has 2 rings (SSSR count). The van der Waals surface area contributed by atoms with Crippen LogP contribution in [0.25, 0.3) is 0 Å². The van der Waals surface area contributed by atoms with E-state index in [1.54, 1.807) is 11.8 Å². The Morgan fingerprint density at radius 3 is 2.76 bits per heavy atom. The van der Waals surface area contributed by atoms with E-state index in [1.165, 1.54) is 11.1 Å². The van der Waals surface area contributed by atoms with Gasteiger partial charge in [0.05, 0.1) is 0 Å². The molecule has 1 N–H and O–H groups in total. The smallest absolute Gasteiger partial charge is 0.316 e. The predicted octanol–water partition coefficient (Wildman–Crippen LogP) is 3.17. The van der Waals surface area contributed by atoms with E-state index in [9.17, 15) is 4.79 Å². The van der Waals surface area contributed by atoms with Gasteiger partial charge in [-0.25, -0.2) is 0 Å². The summed E-state index contributed by atoms with van der Waals surface area (Å²) in [4.78, 5) is 11.1. The number of carbonyl (C=O) groups is 1. The zero-order valence-electron chi connectivity index (χ0n) is 10.2. The van der Waals surface area contributed by atoms with E-state index in [0.717, 1.165) is 12.2 Å². The molecule has 0 spiro atoms. The fourth-order valence-corrected chi connectivity index (χ4v) is 3.54. The van der Waals surface area contributed by atoms with Gasteiger partial charge in [0.15, 0.2) is 0 Å². The van der Waals surface area contributed by atoms with E-state index in [0.29, 0.717) is 5.92 Å². The fourth-order valence-electron chi connectivity index (χ4n) is 2.28. The van der Waals surface area contributed by atoms with Gasteiger partial charge in [-0.15, -0.1) is 11.8 Å². The Balaban J connectivity index is 1.90. The maximum Gasteiger partial charge on any atom is 0.316 e. The number of carboxylic acids is 1. The molecular formula is C14H18O2S. The van der Waals surface area contributed by atoms with Crippen molar-refractivity contribution >= 4 is 17.7 Å². The lowest BCUT2D eigenvalue weighted by Gasteiger charge is -2.31. The Morgan fingerprint density at radius 2 is 2.18 bits per heavy atom. The molecule has 0 saturated heterocycles. The van der Waals surface area contributed by atoms with Crippen molar-refractivity contribution in [2.75, 3.05) is 5.75 Å². The first-order chi connectivity index (χ1) is 8.09. The lowest BCUT2D eigenvalue weighted by molar-refractivity contribution is -0.137. The first-order valence-corrected chi connectivity index (χ1v) is 7.06. The summed E-state index contributed by atoms with van der Waals surface area (Å²) >= 11 is 1.59. The number of thioether (sulfide) groups is 1. The fraction of sp³-hybridized carbons (Fsp3) is 0.500. The minimum absolute atomic E-state index is 0.188. The van der Waals surface area contributed by atoms with Gasteiger partial charge in [0, 0.05) is 5.75 Å². The second kappa shape index (κ2) is 5.13. The van der Waals surface area contributed by atoms with Crippen molar-refractivity contribution < 1.29 is 9.90 Å². The van der Waals surface area contributed by atoms with Crippen LogP contribution in [-0.2, 0) is 11.2 Å². The lowest BCUT2D eigenvalue weighted by Crippen LogP contribution is -2.26. The summed E-state index contributed by atoms with van der Waals surface area (Å²) in [7, 11) is 0. The molecule has 0 aromatic heterocycles. The molecule has 2 unspecified atom stereocenters. The first kappa shape index (κ1) is 12.5. The van der Waals surface area contributed by atoms with Crippen LogP contribution in [0, 0.1) is 5.92 Å². The van der Waals surface area contributed by atoms with Crippen LogP contribution in [0.4, 0.5) is 0 Å². The standard InChI is InChI=1S/C14H18O2S/c1-9(2)13(14(15)16)17-8-11-7-10-5-3-4-6-12(10)11/h3-6,9,11,13H,7-8H2,1-2H3,(H,15,16). The van der Waals surface area contributed by atoms with Crippen LogP contribution in [0.2, 0.25) is 0 Å². The molecule has 0 fully saturated rings. The summed E-state index contributed by atoms with van der Waals surface area (Å²) in [6.07, 6.45) is 1.10. The maximum absolute atomic E-state index is 11.1. The Bertz CT molecular complexity index is 414. The van der Waals surface area contributed by atoms with E-state index in [-0.39, 0.29) is 11.2 Å². The third kappa shape index (κ3) is 2.65. The van der Waals surface area contributed by atoms with Crippen molar-refractivity contribution in [3.8, 4) is 0 Å². The molecule has 0 amide bonds. The van der Waals surface area contributed by atoms with Gasteiger partial charge in [-0.2, -0.15) is 0 Å². The third-order valence-corrected chi connectivity index (χ3v) is 4.99. The maximum atomic E-state index is 11.1. The summed E-state index contributed by atoms with van der Waals surface area (Å²) in [5, 5.41) is 8.85. The number of benzene rings is 1. The van der Waals surface area contributed by atoms with E-state index in [2.05, 4.69) is 24.3 Å². The highest BCUT2D eigenvalue weighted by atomic mass is 32.2. The highest BCUT2D eigenvalue weighted by Gasteiger charge is 2.29. The van der Waals surface area contributed by atoms with Gasteiger partial charge in [0.1, 0.15) is 5.25 Å². The molecule has 2 atom stereocenters. The van der Waals surface area contributed by atoms with Gasteiger partial charge in [0.2, 0.25) is 0 Å². The summed E-state index contributed by atoms with van der Waals surface area (Å²) in [6.45, 7) is 3.95. The highest BCUT2D eigenvalue weighted by Crippen LogP contribution is 2.38. The van der Waals surface area contributed by atoms with Crippen molar-refractivity contribution in [2.45, 2.75) is 31.4 Å². The molecule has 0 heterocycles. The number of hydrogen-bond donors (Lipinski definition) is 1. The van der Waals surface area contributed by atoms with E-state index < -0.39 is 5.97 Å². The second-order valence-corrected chi connectivity index (χ2v) is 6.11. The normalized spacial score (nSPS) is 19.6. The number of carboxylic acid groups (broad SMARTS) is 1. The Labute approximate surface area is 106 Å². The van der Waals surface area contributed by atoms with E-state index in [1.807, 2.05) is 13.8 Å². The summed E-state index contributed by atoms with van der Waals surface area (Å²) < 4.78 is 0. The molecule has 3 heteroatoms. The topological polar surface area (TPSA) is 37.3 Å². The molecule has 0 saturated carbocycles. The van der Waals surface area contributed by atoms with Crippen LogP contribution >= 0.6 is 11.8 Å². The average Bonchev–Trinajstić information content (AvgIpc) is 2.23. The van der Waals surface area contributed by atoms with Gasteiger partial charge in [-0.3, -0.25) is 4.79 Å². The molecule has 0 bridgehead atoms. The van der Waals surface area contributed by atoms with Crippen molar-refractivity contribution in [1.29, 1.82) is 0 Å². The van der Waals surface area contributed by atoms with Crippen LogP contribution in [0.15, 0.2) is 24.3 Å². The van der Waals surface area contributed by atoms with E-state index >= 15 is 0 Å².